The summed E-state index contributed by atoms with van der Waals surface area (Å²) in [5.74, 6) is -1.18. The molecular formula is C37H41NO6. The van der Waals surface area contributed by atoms with Crippen molar-refractivity contribution >= 4 is 22.9 Å². The largest absolute Gasteiger partial charge is 0.507 e. The summed E-state index contributed by atoms with van der Waals surface area (Å²) in [6.45, 7) is 1.65. The van der Waals surface area contributed by atoms with Crippen molar-refractivity contribution in [2.24, 2.45) is 0 Å². The van der Waals surface area contributed by atoms with E-state index in [9.17, 15) is 25.5 Å². The Morgan fingerprint density at radius 2 is 1.55 bits per heavy atom. The van der Waals surface area contributed by atoms with Crippen molar-refractivity contribution in [3.8, 4) is 28.7 Å². The van der Waals surface area contributed by atoms with Crippen LogP contribution in [-0.4, -0.2) is 43.8 Å². The fourth-order valence-electron chi connectivity index (χ4n) is 6.93. The highest BCUT2D eigenvalue weighted by atomic mass is 16.5. The van der Waals surface area contributed by atoms with Gasteiger partial charge in [0.2, 0.25) is 0 Å². The van der Waals surface area contributed by atoms with Gasteiger partial charge in [0, 0.05) is 24.8 Å². The Morgan fingerprint density at radius 3 is 2.32 bits per heavy atom. The van der Waals surface area contributed by atoms with E-state index >= 15 is 0 Å². The van der Waals surface area contributed by atoms with Crippen molar-refractivity contribution < 1.29 is 30.3 Å². The molecule has 2 aliphatic rings. The first-order valence-corrected chi connectivity index (χ1v) is 15.7. The standard InChI is InChI=1S/C37H41NO6/c39-31-16-13-25(21-33(31)41)12-14-28-29-5-4-6-32(40)34(29)36(43)35(42)30(28)15-11-24-7-9-26(10-8-24)23-38-27-17-20-44-37(22-27)18-2-1-3-19-37/h4-10,12-14,16,21,27,38-43H,1-3,11,15,17-20,22-23H2/t27-/m0/s1. The number of aryl methyl sites for hydroxylation is 1. The van der Waals surface area contributed by atoms with E-state index < -0.39 is 0 Å². The van der Waals surface area contributed by atoms with E-state index in [4.69, 9.17) is 4.74 Å². The zero-order valence-electron chi connectivity index (χ0n) is 24.9. The molecule has 1 aliphatic carbocycles. The van der Waals surface area contributed by atoms with Gasteiger partial charge in [-0.1, -0.05) is 73.9 Å². The quantitative estimate of drug-likeness (QED) is 0.0934. The van der Waals surface area contributed by atoms with Gasteiger partial charge in [0.15, 0.2) is 23.0 Å². The second kappa shape index (κ2) is 12.8. The number of benzene rings is 4. The average molecular weight is 596 g/mol. The van der Waals surface area contributed by atoms with Gasteiger partial charge in [0.25, 0.3) is 0 Å². The molecule has 4 aromatic rings. The molecule has 7 heteroatoms. The Morgan fingerprint density at radius 1 is 0.773 bits per heavy atom. The molecule has 230 valence electrons. The molecule has 0 amide bonds. The number of aromatic hydroxyl groups is 5. The predicted octanol–water partition coefficient (Wildman–Crippen LogP) is 7.29. The van der Waals surface area contributed by atoms with Gasteiger partial charge in [-0.2, -0.15) is 0 Å². The lowest BCUT2D eigenvalue weighted by Gasteiger charge is -2.43. The topological polar surface area (TPSA) is 122 Å². The fraction of sp³-hybridized carbons (Fsp3) is 0.351. The molecule has 4 aromatic carbocycles. The van der Waals surface area contributed by atoms with Crippen LogP contribution in [0.1, 0.15) is 72.8 Å². The van der Waals surface area contributed by atoms with Crippen LogP contribution in [0.15, 0.2) is 60.7 Å². The molecule has 1 saturated heterocycles. The van der Waals surface area contributed by atoms with Crippen LogP contribution >= 0.6 is 0 Å². The Balaban J connectivity index is 1.18. The van der Waals surface area contributed by atoms with E-state index in [1.807, 2.05) is 0 Å². The minimum absolute atomic E-state index is 0.0827. The summed E-state index contributed by atoms with van der Waals surface area (Å²) in [5, 5.41) is 56.6. The SMILES string of the molecule is Oc1ccc(C=Cc2c(CCc3ccc(CN[C@H]4CCOC5(CCCCC5)C4)cc3)c(O)c(O)c3c(O)cccc23)cc1O. The van der Waals surface area contributed by atoms with Crippen molar-refractivity contribution in [1.29, 1.82) is 0 Å². The molecule has 0 radical (unpaired) electrons. The summed E-state index contributed by atoms with van der Waals surface area (Å²) < 4.78 is 6.26. The first kappa shape index (κ1) is 29.9. The van der Waals surface area contributed by atoms with Crippen LogP contribution in [0, 0.1) is 0 Å². The fourth-order valence-corrected chi connectivity index (χ4v) is 6.93. The number of nitrogens with one attached hydrogen (secondary N) is 1. The van der Waals surface area contributed by atoms with Crippen molar-refractivity contribution in [2.75, 3.05) is 6.61 Å². The van der Waals surface area contributed by atoms with Crippen LogP contribution in [0.3, 0.4) is 0 Å². The first-order chi connectivity index (χ1) is 21.3. The highest BCUT2D eigenvalue weighted by Crippen LogP contribution is 2.45. The third-order valence-electron chi connectivity index (χ3n) is 9.39. The minimum atomic E-state index is -0.350. The molecule has 1 heterocycles. The van der Waals surface area contributed by atoms with Gasteiger partial charge >= 0.3 is 0 Å². The van der Waals surface area contributed by atoms with Crippen LogP contribution in [0.2, 0.25) is 0 Å². The molecule has 1 aliphatic heterocycles. The average Bonchev–Trinajstić information content (AvgIpc) is 3.03. The second-order valence-electron chi connectivity index (χ2n) is 12.3. The second-order valence-corrected chi connectivity index (χ2v) is 12.3. The van der Waals surface area contributed by atoms with E-state index in [0.29, 0.717) is 41.0 Å². The Hall–Kier alpha value is -4.20. The summed E-state index contributed by atoms with van der Waals surface area (Å²) in [5.41, 5.74) is 4.27. The van der Waals surface area contributed by atoms with Crippen LogP contribution in [-0.2, 0) is 24.1 Å². The minimum Gasteiger partial charge on any atom is -0.507 e. The molecule has 2 fully saturated rings. The number of phenols is 5. The monoisotopic (exact) mass is 595 g/mol. The summed E-state index contributed by atoms with van der Waals surface area (Å²) in [6, 6.07) is 18.5. The Labute approximate surface area is 258 Å². The highest BCUT2D eigenvalue weighted by Gasteiger charge is 2.38. The van der Waals surface area contributed by atoms with E-state index in [-0.39, 0.29) is 39.7 Å². The smallest absolute Gasteiger partial charge is 0.169 e. The maximum Gasteiger partial charge on any atom is 0.169 e. The zero-order valence-corrected chi connectivity index (χ0v) is 24.9. The van der Waals surface area contributed by atoms with Gasteiger partial charge < -0.3 is 35.6 Å². The number of fused-ring (bicyclic) bond motifs is 1. The molecule has 6 N–H and O–H groups in total. The number of phenolic OH excluding ortho intramolecular Hbond substituents is 5. The van der Waals surface area contributed by atoms with Gasteiger partial charge in [-0.3, -0.25) is 0 Å². The molecule has 0 aromatic heterocycles. The van der Waals surface area contributed by atoms with E-state index in [1.54, 1.807) is 30.4 Å². The molecule has 44 heavy (non-hydrogen) atoms. The number of hydrogen-bond acceptors (Lipinski definition) is 7. The summed E-state index contributed by atoms with van der Waals surface area (Å²) in [6.07, 6.45) is 13.0. The maximum absolute atomic E-state index is 11.1. The van der Waals surface area contributed by atoms with Crippen molar-refractivity contribution in [1.82, 2.24) is 5.32 Å². The van der Waals surface area contributed by atoms with Gasteiger partial charge in [-0.15, -0.1) is 0 Å². The Kier molecular flexibility index (Phi) is 8.69. The molecule has 0 bridgehead atoms. The van der Waals surface area contributed by atoms with E-state index in [2.05, 4.69) is 29.6 Å². The van der Waals surface area contributed by atoms with Crippen molar-refractivity contribution in [3.63, 3.8) is 0 Å². The lowest BCUT2D eigenvalue weighted by molar-refractivity contribution is -0.109. The van der Waals surface area contributed by atoms with Gasteiger partial charge in [-0.25, -0.2) is 0 Å². The van der Waals surface area contributed by atoms with Gasteiger partial charge in [-0.05, 0) is 84.4 Å². The van der Waals surface area contributed by atoms with Crippen molar-refractivity contribution in [3.05, 3.63) is 88.5 Å². The lowest BCUT2D eigenvalue weighted by atomic mass is 9.78. The zero-order chi connectivity index (χ0) is 30.7. The first-order valence-electron chi connectivity index (χ1n) is 15.7. The number of ether oxygens (including phenoxy) is 1. The Bertz CT molecular complexity index is 1650. The molecule has 6 rings (SSSR count). The maximum atomic E-state index is 11.1. The number of rotatable bonds is 8. The van der Waals surface area contributed by atoms with Crippen LogP contribution < -0.4 is 5.32 Å². The van der Waals surface area contributed by atoms with Gasteiger partial charge in [0.05, 0.1) is 11.0 Å². The highest BCUT2D eigenvalue weighted by molar-refractivity contribution is 6.03. The number of hydrogen-bond donors (Lipinski definition) is 6. The van der Waals surface area contributed by atoms with Crippen LogP contribution in [0.5, 0.6) is 28.7 Å². The summed E-state index contributed by atoms with van der Waals surface area (Å²) >= 11 is 0. The van der Waals surface area contributed by atoms with E-state index in [1.165, 1.54) is 55.9 Å². The molecule has 7 nitrogen and oxygen atoms in total. The lowest BCUT2D eigenvalue weighted by Crippen LogP contribution is -2.47. The third-order valence-corrected chi connectivity index (χ3v) is 9.39. The van der Waals surface area contributed by atoms with Crippen LogP contribution in [0.4, 0.5) is 0 Å². The van der Waals surface area contributed by atoms with Crippen molar-refractivity contribution in [2.45, 2.75) is 76.0 Å². The molecule has 1 atom stereocenters. The van der Waals surface area contributed by atoms with E-state index in [0.717, 1.165) is 31.6 Å². The normalized spacial score (nSPS) is 18.3. The molecule has 1 spiro atoms. The molecule has 1 saturated carbocycles. The summed E-state index contributed by atoms with van der Waals surface area (Å²) in [4.78, 5) is 0. The van der Waals surface area contributed by atoms with Crippen LogP contribution in [0.25, 0.3) is 22.9 Å². The summed E-state index contributed by atoms with van der Waals surface area (Å²) in [7, 11) is 0. The van der Waals surface area contributed by atoms with Gasteiger partial charge in [0.1, 0.15) is 5.75 Å². The third kappa shape index (κ3) is 6.35. The predicted molar refractivity (Wildman–Crippen MR) is 173 cm³/mol. The molecular weight excluding hydrogens is 554 g/mol. The molecule has 0 unspecified atom stereocenters.